The second-order valence-electron chi connectivity index (χ2n) is 5.57. The fraction of sp³-hybridized carbons (Fsp3) is 0.643. The maximum absolute atomic E-state index is 12.6. The average molecular weight is 326 g/mol. The number of hydrogen-bond donors (Lipinski definition) is 2. The first-order valence-corrected chi connectivity index (χ1v) is 7.91. The van der Waals surface area contributed by atoms with Crippen LogP contribution in [0.4, 0.5) is 0 Å². The van der Waals surface area contributed by atoms with E-state index < -0.39 is 0 Å². The number of H-pyrrole nitrogens is 1. The molecule has 19 heavy (non-hydrogen) atoms. The molecule has 0 aromatic carbocycles. The Morgan fingerprint density at radius 2 is 2.21 bits per heavy atom. The van der Waals surface area contributed by atoms with E-state index in [0.717, 1.165) is 30.4 Å². The normalized spacial score (nSPS) is 23.3. The van der Waals surface area contributed by atoms with E-state index in [0.29, 0.717) is 17.8 Å². The molecule has 1 aliphatic heterocycles. The maximum atomic E-state index is 12.6. The van der Waals surface area contributed by atoms with Gasteiger partial charge in [0.15, 0.2) is 0 Å². The van der Waals surface area contributed by atoms with Gasteiger partial charge in [-0.3, -0.25) is 4.79 Å². The topological polar surface area (TPSA) is 48.1 Å². The molecule has 0 bridgehead atoms. The quantitative estimate of drug-likeness (QED) is 0.893. The van der Waals surface area contributed by atoms with E-state index >= 15 is 0 Å². The molecule has 1 saturated carbocycles. The summed E-state index contributed by atoms with van der Waals surface area (Å²) >= 11 is 3.39. The minimum absolute atomic E-state index is 0.139. The lowest BCUT2D eigenvalue weighted by atomic mass is 10.0. The van der Waals surface area contributed by atoms with Crippen molar-refractivity contribution < 1.29 is 4.79 Å². The van der Waals surface area contributed by atoms with Gasteiger partial charge in [0, 0.05) is 29.3 Å². The molecule has 0 spiro atoms. The lowest BCUT2D eigenvalue weighted by molar-refractivity contribution is 0.0712. The number of aromatic amines is 1. The summed E-state index contributed by atoms with van der Waals surface area (Å²) in [5.74, 6) is 0.139. The number of piperidine rings is 1. The van der Waals surface area contributed by atoms with Gasteiger partial charge in [-0.05, 0) is 54.2 Å². The zero-order valence-electron chi connectivity index (χ0n) is 11.0. The van der Waals surface area contributed by atoms with Crippen LogP contribution in [0.25, 0.3) is 0 Å². The van der Waals surface area contributed by atoms with Crippen molar-refractivity contribution in [3.63, 3.8) is 0 Å². The summed E-state index contributed by atoms with van der Waals surface area (Å²) < 4.78 is 0.933. The number of carbonyl (C=O) groups is 1. The van der Waals surface area contributed by atoms with Gasteiger partial charge in [-0.25, -0.2) is 0 Å². The molecule has 104 valence electrons. The Hall–Kier alpha value is -0.810. The largest absolute Gasteiger partial charge is 0.356 e. The van der Waals surface area contributed by atoms with Crippen LogP contribution in [0.2, 0.25) is 0 Å². The molecule has 1 aromatic rings. The van der Waals surface area contributed by atoms with Crippen molar-refractivity contribution in [2.45, 2.75) is 44.2 Å². The number of nitrogens with zero attached hydrogens (tertiary/aromatic N) is 1. The van der Waals surface area contributed by atoms with Crippen LogP contribution in [0, 0.1) is 0 Å². The molecule has 2 N–H and O–H groups in total. The van der Waals surface area contributed by atoms with Crippen molar-refractivity contribution in [2.75, 3.05) is 13.1 Å². The highest BCUT2D eigenvalue weighted by molar-refractivity contribution is 9.10. The van der Waals surface area contributed by atoms with Crippen molar-refractivity contribution in [2.24, 2.45) is 0 Å². The number of amides is 1. The molecule has 1 amide bonds. The van der Waals surface area contributed by atoms with Crippen LogP contribution in [0.3, 0.4) is 0 Å². The van der Waals surface area contributed by atoms with Crippen molar-refractivity contribution in [3.05, 3.63) is 22.4 Å². The maximum Gasteiger partial charge on any atom is 0.270 e. The van der Waals surface area contributed by atoms with E-state index in [1.54, 1.807) is 0 Å². The number of carbonyl (C=O) groups excluding carboxylic acids is 1. The fourth-order valence-corrected chi connectivity index (χ4v) is 3.09. The predicted octanol–water partition coefficient (Wildman–Crippen LogP) is 2.52. The van der Waals surface area contributed by atoms with Gasteiger partial charge in [0.1, 0.15) is 5.69 Å². The molecule has 1 atom stereocenters. The molecule has 1 unspecified atom stereocenters. The van der Waals surface area contributed by atoms with Crippen molar-refractivity contribution >= 4 is 21.8 Å². The summed E-state index contributed by atoms with van der Waals surface area (Å²) in [6.07, 6.45) is 7.85. The first kappa shape index (κ1) is 13.2. The third-order valence-corrected chi connectivity index (χ3v) is 4.41. The number of hydrogen-bond acceptors (Lipinski definition) is 2. The van der Waals surface area contributed by atoms with Crippen LogP contribution in [0.15, 0.2) is 16.7 Å². The zero-order chi connectivity index (χ0) is 13.2. The van der Waals surface area contributed by atoms with Gasteiger partial charge in [-0.15, -0.1) is 0 Å². The van der Waals surface area contributed by atoms with E-state index in [1.165, 1.54) is 19.3 Å². The third kappa shape index (κ3) is 3.20. The highest BCUT2D eigenvalue weighted by Crippen LogP contribution is 2.29. The summed E-state index contributed by atoms with van der Waals surface area (Å²) in [4.78, 5) is 17.7. The monoisotopic (exact) mass is 325 g/mol. The first-order chi connectivity index (χ1) is 9.24. The van der Waals surface area contributed by atoms with Gasteiger partial charge in [0.2, 0.25) is 0 Å². The van der Waals surface area contributed by atoms with Gasteiger partial charge in [-0.2, -0.15) is 0 Å². The molecule has 1 saturated heterocycles. The minimum atomic E-state index is 0.139. The molecule has 0 radical (unpaired) electrons. The van der Waals surface area contributed by atoms with E-state index in [2.05, 4.69) is 31.1 Å². The summed E-state index contributed by atoms with van der Waals surface area (Å²) in [6, 6.07) is 2.79. The predicted molar refractivity (Wildman–Crippen MR) is 78.2 cm³/mol. The van der Waals surface area contributed by atoms with E-state index in [1.807, 2.05) is 12.3 Å². The first-order valence-electron chi connectivity index (χ1n) is 7.12. The molecule has 3 rings (SSSR count). The van der Waals surface area contributed by atoms with Gasteiger partial charge >= 0.3 is 0 Å². The molecule has 4 nitrogen and oxygen atoms in total. The van der Waals surface area contributed by atoms with Crippen LogP contribution in [-0.4, -0.2) is 41.0 Å². The van der Waals surface area contributed by atoms with Crippen LogP contribution < -0.4 is 5.32 Å². The van der Waals surface area contributed by atoms with Gasteiger partial charge in [0.05, 0.1) is 0 Å². The highest BCUT2D eigenvalue weighted by atomic mass is 79.9. The van der Waals surface area contributed by atoms with Crippen molar-refractivity contribution in [1.82, 2.24) is 15.2 Å². The van der Waals surface area contributed by atoms with Crippen molar-refractivity contribution in [1.29, 1.82) is 0 Å². The summed E-state index contributed by atoms with van der Waals surface area (Å²) in [5.41, 5.74) is 0.689. The Balaban J connectivity index is 1.68. The number of rotatable bonds is 4. The fourth-order valence-electron chi connectivity index (χ4n) is 2.75. The molecule has 1 aliphatic carbocycles. The summed E-state index contributed by atoms with van der Waals surface area (Å²) in [5, 5.41) is 3.53. The Morgan fingerprint density at radius 1 is 1.37 bits per heavy atom. The standard InChI is InChI=1S/C14H20BrN3O/c15-10-7-13(17-8-10)14(19)18(12-4-5-12)9-11-3-1-2-6-16-11/h7-8,11-12,16-17H,1-6,9H2. The minimum Gasteiger partial charge on any atom is -0.356 e. The van der Waals surface area contributed by atoms with Crippen molar-refractivity contribution in [3.8, 4) is 0 Å². The molecule has 2 heterocycles. The molecular weight excluding hydrogens is 306 g/mol. The lowest BCUT2D eigenvalue weighted by Crippen LogP contribution is -2.46. The number of aromatic nitrogens is 1. The third-order valence-electron chi connectivity index (χ3n) is 3.96. The van der Waals surface area contributed by atoms with Crippen LogP contribution >= 0.6 is 15.9 Å². The van der Waals surface area contributed by atoms with Gasteiger partial charge in [-0.1, -0.05) is 6.42 Å². The van der Waals surface area contributed by atoms with E-state index in [-0.39, 0.29) is 5.91 Å². The Labute approximate surface area is 122 Å². The zero-order valence-corrected chi connectivity index (χ0v) is 12.6. The van der Waals surface area contributed by atoms with Crippen LogP contribution in [0.1, 0.15) is 42.6 Å². The van der Waals surface area contributed by atoms with Crippen LogP contribution in [0.5, 0.6) is 0 Å². The second-order valence-corrected chi connectivity index (χ2v) is 6.48. The number of nitrogens with one attached hydrogen (secondary N) is 2. The Kier molecular flexibility index (Phi) is 3.93. The molecule has 1 aromatic heterocycles. The SMILES string of the molecule is O=C(c1cc(Br)c[nH]1)N(CC1CCCCN1)C1CC1. The molecule has 2 aliphatic rings. The van der Waals surface area contributed by atoms with E-state index in [9.17, 15) is 4.79 Å². The smallest absolute Gasteiger partial charge is 0.270 e. The van der Waals surface area contributed by atoms with Gasteiger partial charge in [0.25, 0.3) is 5.91 Å². The molecule has 2 fully saturated rings. The molecule has 5 heteroatoms. The summed E-state index contributed by atoms with van der Waals surface area (Å²) in [7, 11) is 0. The Morgan fingerprint density at radius 3 is 2.79 bits per heavy atom. The highest BCUT2D eigenvalue weighted by Gasteiger charge is 2.35. The lowest BCUT2D eigenvalue weighted by Gasteiger charge is -2.30. The van der Waals surface area contributed by atoms with Crippen LogP contribution in [-0.2, 0) is 0 Å². The van der Waals surface area contributed by atoms with Gasteiger partial charge < -0.3 is 15.2 Å². The Bertz CT molecular complexity index is 449. The average Bonchev–Trinajstić information content (AvgIpc) is 3.18. The second kappa shape index (κ2) is 5.67. The molecular formula is C14H20BrN3O. The van der Waals surface area contributed by atoms with E-state index in [4.69, 9.17) is 0 Å². The number of halogens is 1. The summed E-state index contributed by atoms with van der Waals surface area (Å²) in [6.45, 7) is 1.94.